The average Bonchev–Trinajstić information content (AvgIpc) is 2.80. The van der Waals surface area contributed by atoms with Crippen LogP contribution in [0.3, 0.4) is 0 Å². The number of carbonyl (C=O) groups excluding carboxylic acids is 2. The lowest BCUT2D eigenvalue weighted by molar-refractivity contribution is -0.129. The molecule has 2 saturated carbocycles. The molecule has 6 nitrogen and oxygen atoms in total. The number of rotatable bonds is 2. The minimum absolute atomic E-state index is 0.0991. The van der Waals surface area contributed by atoms with E-state index in [9.17, 15) is 14.7 Å². The number of nitrogens with zero attached hydrogens (tertiary/aromatic N) is 1. The molecule has 3 amide bonds. The largest absolute Gasteiger partial charge is 0.390 e. The lowest BCUT2D eigenvalue weighted by Gasteiger charge is -2.53. The van der Waals surface area contributed by atoms with Gasteiger partial charge in [-0.25, -0.2) is 4.79 Å². The van der Waals surface area contributed by atoms with E-state index in [0.29, 0.717) is 31.3 Å². The van der Waals surface area contributed by atoms with Crippen LogP contribution in [-0.4, -0.2) is 52.2 Å². The normalized spacial score (nSPS) is 35.7. The van der Waals surface area contributed by atoms with E-state index in [-0.39, 0.29) is 23.5 Å². The Labute approximate surface area is 172 Å². The van der Waals surface area contributed by atoms with Crippen molar-refractivity contribution in [1.82, 2.24) is 15.5 Å². The van der Waals surface area contributed by atoms with Crippen LogP contribution in [0.5, 0.6) is 0 Å². The van der Waals surface area contributed by atoms with Gasteiger partial charge in [-0.3, -0.25) is 4.79 Å². The molecule has 3 N–H and O–H groups in total. The van der Waals surface area contributed by atoms with E-state index in [1.807, 2.05) is 4.90 Å². The summed E-state index contributed by atoms with van der Waals surface area (Å²) in [6.45, 7) is 2.99. The van der Waals surface area contributed by atoms with Crippen molar-refractivity contribution < 1.29 is 14.7 Å². The van der Waals surface area contributed by atoms with Crippen LogP contribution in [-0.2, 0) is 4.79 Å². The summed E-state index contributed by atoms with van der Waals surface area (Å²) >= 11 is 0. The number of likely N-dealkylation sites (tertiary alicyclic amines) is 1. The minimum atomic E-state index is -0.690. The number of hydrogen-bond acceptors (Lipinski definition) is 3. The highest BCUT2D eigenvalue weighted by Gasteiger charge is 2.57. The number of nitrogens with one attached hydrogen (secondary N) is 2. The Hall–Kier alpha value is -2.08. The third-order valence-corrected chi connectivity index (χ3v) is 7.72. The molecule has 6 rings (SSSR count). The van der Waals surface area contributed by atoms with E-state index in [2.05, 4.69) is 34.9 Å². The van der Waals surface area contributed by atoms with Crippen molar-refractivity contribution in [3.8, 4) is 0 Å². The van der Waals surface area contributed by atoms with Gasteiger partial charge in [-0.05, 0) is 67.9 Å². The first-order valence-electron chi connectivity index (χ1n) is 11.0. The van der Waals surface area contributed by atoms with E-state index >= 15 is 0 Å². The Morgan fingerprint density at radius 2 is 1.62 bits per heavy atom. The zero-order chi connectivity index (χ0) is 20.2. The standard InChI is InChI=1S/C23H31N3O3/c1-15(27)26-8-6-18(7-9-26)24-21(28)25-22-10-16-12-23(29,14-22)13-17(11-22)20-5-3-2-4-19(16)20/h2-5,16-18,29H,6-14H2,1H3,(H2,24,25,28). The van der Waals surface area contributed by atoms with Crippen molar-refractivity contribution in [1.29, 1.82) is 0 Å². The number of urea groups is 1. The smallest absolute Gasteiger partial charge is 0.315 e. The number of hydrogen-bond donors (Lipinski definition) is 3. The molecule has 0 radical (unpaired) electrons. The van der Waals surface area contributed by atoms with Crippen molar-refractivity contribution in [2.45, 2.75) is 80.9 Å². The molecule has 1 saturated heterocycles. The highest BCUT2D eigenvalue weighted by Crippen LogP contribution is 2.59. The number of benzene rings is 1. The van der Waals surface area contributed by atoms with Gasteiger partial charge in [0.25, 0.3) is 0 Å². The highest BCUT2D eigenvalue weighted by atomic mass is 16.3. The van der Waals surface area contributed by atoms with Gasteiger partial charge in [-0.2, -0.15) is 0 Å². The van der Waals surface area contributed by atoms with Crippen molar-refractivity contribution in [3.05, 3.63) is 35.4 Å². The third-order valence-electron chi connectivity index (χ3n) is 7.72. The molecule has 1 aliphatic heterocycles. The number of piperidine rings is 1. The summed E-state index contributed by atoms with van der Waals surface area (Å²) in [5.41, 5.74) is 1.71. The molecule has 5 aliphatic rings. The molecule has 156 valence electrons. The Bertz CT molecular complexity index is 795. The first-order chi connectivity index (χ1) is 13.8. The van der Waals surface area contributed by atoms with Crippen molar-refractivity contribution in [3.63, 3.8) is 0 Å². The molecule has 2 atom stereocenters. The maximum Gasteiger partial charge on any atom is 0.315 e. The van der Waals surface area contributed by atoms with Crippen molar-refractivity contribution >= 4 is 11.9 Å². The van der Waals surface area contributed by atoms with Crippen LogP contribution in [0.25, 0.3) is 0 Å². The van der Waals surface area contributed by atoms with Crippen LogP contribution in [0.1, 0.15) is 74.8 Å². The summed E-state index contributed by atoms with van der Waals surface area (Å²) in [4.78, 5) is 26.3. The molecule has 4 bridgehead atoms. The number of amides is 3. The van der Waals surface area contributed by atoms with Crippen LogP contribution in [0, 0.1) is 0 Å². The minimum Gasteiger partial charge on any atom is -0.390 e. The predicted octanol–water partition coefficient (Wildman–Crippen LogP) is 2.63. The second-order valence-corrected chi connectivity index (χ2v) is 9.90. The van der Waals surface area contributed by atoms with Crippen LogP contribution >= 0.6 is 0 Å². The SMILES string of the molecule is CC(=O)N1CCC(NC(=O)NC23CC4CC(O)(CC(C2)c2ccccc24)C3)CC1. The van der Waals surface area contributed by atoms with Crippen molar-refractivity contribution in [2.75, 3.05) is 13.1 Å². The lowest BCUT2D eigenvalue weighted by atomic mass is 9.60. The maximum atomic E-state index is 12.9. The predicted molar refractivity (Wildman–Crippen MR) is 110 cm³/mol. The first kappa shape index (κ1) is 18.9. The van der Waals surface area contributed by atoms with E-state index in [0.717, 1.165) is 38.5 Å². The van der Waals surface area contributed by atoms with Crippen LogP contribution < -0.4 is 10.6 Å². The van der Waals surface area contributed by atoms with Gasteiger partial charge in [0.05, 0.1) is 5.60 Å². The maximum absolute atomic E-state index is 12.9. The van der Waals surface area contributed by atoms with Crippen LogP contribution in [0.4, 0.5) is 4.79 Å². The summed E-state index contributed by atoms with van der Waals surface area (Å²) in [5.74, 6) is 0.707. The fourth-order valence-corrected chi connectivity index (χ4v) is 6.73. The zero-order valence-corrected chi connectivity index (χ0v) is 17.1. The highest BCUT2D eigenvalue weighted by molar-refractivity contribution is 5.76. The van der Waals surface area contributed by atoms with Gasteiger partial charge < -0.3 is 20.6 Å². The quantitative estimate of drug-likeness (QED) is 0.718. The Morgan fingerprint density at radius 1 is 1.03 bits per heavy atom. The van der Waals surface area contributed by atoms with Gasteiger partial charge in [-0.15, -0.1) is 0 Å². The Kier molecular flexibility index (Phi) is 4.39. The van der Waals surface area contributed by atoms with Gasteiger partial charge in [-0.1, -0.05) is 24.3 Å². The Balaban J connectivity index is 1.30. The van der Waals surface area contributed by atoms with Gasteiger partial charge in [0.1, 0.15) is 0 Å². The monoisotopic (exact) mass is 397 g/mol. The van der Waals surface area contributed by atoms with E-state index < -0.39 is 5.60 Å². The average molecular weight is 398 g/mol. The van der Waals surface area contributed by atoms with Gasteiger partial charge in [0.15, 0.2) is 0 Å². The molecule has 6 heteroatoms. The molecule has 0 spiro atoms. The number of aliphatic hydroxyl groups is 1. The second-order valence-electron chi connectivity index (χ2n) is 9.90. The van der Waals surface area contributed by atoms with E-state index in [1.165, 1.54) is 11.1 Å². The van der Waals surface area contributed by atoms with Gasteiger partial charge in [0, 0.05) is 31.6 Å². The van der Waals surface area contributed by atoms with Crippen LogP contribution in [0.2, 0.25) is 0 Å². The first-order valence-corrected chi connectivity index (χ1v) is 11.0. The zero-order valence-electron chi connectivity index (χ0n) is 17.1. The summed E-state index contributed by atoms with van der Waals surface area (Å²) in [6.07, 6.45) is 5.64. The summed E-state index contributed by atoms with van der Waals surface area (Å²) in [5, 5.41) is 17.8. The molecular formula is C23H31N3O3. The topological polar surface area (TPSA) is 81.7 Å². The molecule has 1 aromatic rings. The molecule has 29 heavy (non-hydrogen) atoms. The van der Waals surface area contributed by atoms with Gasteiger partial charge >= 0.3 is 6.03 Å². The molecule has 0 aromatic heterocycles. The molecular weight excluding hydrogens is 366 g/mol. The molecule has 4 aliphatic carbocycles. The summed E-state index contributed by atoms with van der Waals surface area (Å²) in [7, 11) is 0. The van der Waals surface area contributed by atoms with E-state index in [4.69, 9.17) is 0 Å². The fourth-order valence-electron chi connectivity index (χ4n) is 6.73. The molecule has 1 aromatic carbocycles. The van der Waals surface area contributed by atoms with Crippen molar-refractivity contribution in [2.24, 2.45) is 0 Å². The summed E-state index contributed by atoms with van der Waals surface area (Å²) < 4.78 is 0. The molecule has 1 heterocycles. The lowest BCUT2D eigenvalue weighted by Crippen LogP contribution is -2.63. The molecule has 2 unspecified atom stereocenters. The molecule has 3 fully saturated rings. The van der Waals surface area contributed by atoms with Gasteiger partial charge in [0.2, 0.25) is 5.91 Å². The number of carbonyl (C=O) groups is 2. The Morgan fingerprint density at radius 3 is 2.17 bits per heavy atom. The van der Waals surface area contributed by atoms with E-state index in [1.54, 1.807) is 6.92 Å². The second kappa shape index (κ2) is 6.73. The van der Waals surface area contributed by atoms with Crippen LogP contribution in [0.15, 0.2) is 24.3 Å². The fraction of sp³-hybridized carbons (Fsp3) is 0.652. The summed E-state index contributed by atoms with van der Waals surface area (Å²) in [6, 6.07) is 8.58. The third kappa shape index (κ3) is 3.41.